The van der Waals surface area contributed by atoms with Gasteiger partial charge in [-0.15, -0.1) is 0 Å². The second kappa shape index (κ2) is 11.1. The Hall–Kier alpha value is -3.20. The van der Waals surface area contributed by atoms with Gasteiger partial charge in [0.15, 0.2) is 0 Å². The summed E-state index contributed by atoms with van der Waals surface area (Å²) < 4.78 is 26.2. The number of nitrogens with one attached hydrogen (secondary N) is 3. The molecule has 0 aromatic heterocycles. The van der Waals surface area contributed by atoms with Gasteiger partial charge in [0.2, 0.25) is 10.0 Å². The molecular weight excluding hydrogens is 436 g/mol. The first kappa shape index (κ1) is 24.4. The zero-order valence-electron chi connectivity index (χ0n) is 19.1. The average Bonchev–Trinajstić information content (AvgIpc) is 2.82. The highest BCUT2D eigenvalue weighted by Crippen LogP contribution is 2.24. The van der Waals surface area contributed by atoms with Gasteiger partial charge in [-0.3, -0.25) is 0 Å². The molecular formula is C25H30N4O3S. The summed E-state index contributed by atoms with van der Waals surface area (Å²) in [5.74, 6) is 0. The van der Waals surface area contributed by atoms with Crippen LogP contribution in [0.4, 0.5) is 4.79 Å². The van der Waals surface area contributed by atoms with Crippen molar-refractivity contribution in [3.05, 3.63) is 89.5 Å². The number of sulfonamides is 1. The molecule has 0 saturated heterocycles. The van der Waals surface area contributed by atoms with Crippen LogP contribution in [0.25, 0.3) is 11.1 Å². The summed E-state index contributed by atoms with van der Waals surface area (Å²) in [4.78, 5) is 14.7. The first-order valence-corrected chi connectivity index (χ1v) is 12.1. The third kappa shape index (κ3) is 6.89. The summed E-state index contributed by atoms with van der Waals surface area (Å²) in [7, 11) is 1.92. The molecule has 0 unspecified atom stereocenters. The highest BCUT2D eigenvalue weighted by Gasteiger charge is 2.12. The van der Waals surface area contributed by atoms with Gasteiger partial charge in [-0.25, -0.2) is 17.9 Å². The predicted molar refractivity (Wildman–Crippen MR) is 131 cm³/mol. The van der Waals surface area contributed by atoms with Crippen molar-refractivity contribution in [3.8, 4) is 11.1 Å². The lowest BCUT2D eigenvalue weighted by Crippen LogP contribution is -2.34. The van der Waals surface area contributed by atoms with Crippen molar-refractivity contribution in [1.29, 1.82) is 0 Å². The van der Waals surface area contributed by atoms with Crippen molar-refractivity contribution in [2.45, 2.75) is 24.5 Å². The van der Waals surface area contributed by atoms with E-state index in [0.717, 1.165) is 23.2 Å². The number of rotatable bonds is 9. The third-order valence-corrected chi connectivity index (χ3v) is 6.56. The number of amides is 2. The van der Waals surface area contributed by atoms with Crippen molar-refractivity contribution in [2.24, 2.45) is 0 Å². The van der Waals surface area contributed by atoms with Crippen molar-refractivity contribution in [2.75, 3.05) is 21.1 Å². The van der Waals surface area contributed by atoms with Crippen molar-refractivity contribution in [3.63, 3.8) is 0 Å². The maximum atomic E-state index is 12.4. The lowest BCUT2D eigenvalue weighted by atomic mass is 9.98. The largest absolute Gasteiger partial charge is 0.334 e. The smallest absolute Gasteiger partial charge is 0.315 e. The number of carbonyl (C=O) groups excluding carboxylic acids is 1. The lowest BCUT2D eigenvalue weighted by molar-refractivity contribution is 0.240. The second-order valence-corrected chi connectivity index (χ2v) is 9.87. The van der Waals surface area contributed by atoms with Gasteiger partial charge < -0.3 is 15.5 Å². The van der Waals surface area contributed by atoms with Crippen LogP contribution in [0, 0.1) is 0 Å². The van der Waals surface area contributed by atoms with E-state index in [1.807, 2.05) is 38.4 Å². The zero-order valence-corrected chi connectivity index (χ0v) is 19.9. The van der Waals surface area contributed by atoms with Crippen molar-refractivity contribution >= 4 is 16.1 Å². The highest BCUT2D eigenvalue weighted by atomic mass is 32.2. The van der Waals surface area contributed by atoms with E-state index >= 15 is 0 Å². The molecule has 0 saturated carbocycles. The minimum absolute atomic E-state index is 0.162. The summed E-state index contributed by atoms with van der Waals surface area (Å²) in [5, 5.41) is 5.67. The van der Waals surface area contributed by atoms with Gasteiger partial charge >= 0.3 is 6.03 Å². The fourth-order valence-corrected chi connectivity index (χ4v) is 4.27. The fraction of sp³-hybridized carbons (Fsp3) is 0.240. The molecule has 3 N–H and O–H groups in total. The summed E-state index contributed by atoms with van der Waals surface area (Å²) in [5.41, 5.74) is 5.11. The maximum Gasteiger partial charge on any atom is 0.315 e. The number of hydrogen-bond acceptors (Lipinski definition) is 4. The van der Waals surface area contributed by atoms with Crippen LogP contribution in [0.15, 0.2) is 77.7 Å². The van der Waals surface area contributed by atoms with E-state index in [-0.39, 0.29) is 17.5 Å². The minimum Gasteiger partial charge on any atom is -0.334 e. The molecule has 0 bridgehead atoms. The van der Waals surface area contributed by atoms with Crippen LogP contribution < -0.4 is 15.4 Å². The van der Waals surface area contributed by atoms with Gasteiger partial charge in [0.05, 0.1) is 4.90 Å². The minimum atomic E-state index is -3.53. The average molecular weight is 467 g/mol. The number of carbonyl (C=O) groups is 1. The van der Waals surface area contributed by atoms with Crippen molar-refractivity contribution < 1.29 is 13.2 Å². The second-order valence-electron chi connectivity index (χ2n) is 7.98. The van der Waals surface area contributed by atoms with Crippen LogP contribution in [0.2, 0.25) is 0 Å². The molecule has 0 aliphatic heterocycles. The molecule has 0 aliphatic rings. The molecule has 0 atom stereocenters. The van der Waals surface area contributed by atoms with Gasteiger partial charge in [-0.1, -0.05) is 60.7 Å². The Labute approximate surface area is 195 Å². The van der Waals surface area contributed by atoms with Crippen LogP contribution in [0.1, 0.15) is 16.7 Å². The quantitative estimate of drug-likeness (QED) is 0.451. The first-order chi connectivity index (χ1) is 15.8. The molecule has 0 spiro atoms. The van der Waals surface area contributed by atoms with E-state index < -0.39 is 10.0 Å². The molecule has 3 aromatic rings. The van der Waals surface area contributed by atoms with Gasteiger partial charge in [0.25, 0.3) is 0 Å². The molecule has 0 aliphatic carbocycles. The first-order valence-electron chi connectivity index (χ1n) is 10.6. The van der Waals surface area contributed by atoms with Gasteiger partial charge in [-0.2, -0.15) is 0 Å². The molecule has 174 valence electrons. The van der Waals surface area contributed by atoms with Gasteiger partial charge in [-0.05, 0) is 61.1 Å². The van der Waals surface area contributed by atoms with Crippen molar-refractivity contribution in [1.82, 2.24) is 20.3 Å². The Morgan fingerprint density at radius 1 is 0.848 bits per heavy atom. The van der Waals surface area contributed by atoms with Gasteiger partial charge in [0.1, 0.15) is 0 Å². The summed E-state index contributed by atoms with van der Waals surface area (Å²) >= 11 is 0. The molecule has 0 heterocycles. The lowest BCUT2D eigenvalue weighted by Gasteiger charge is -2.13. The van der Waals surface area contributed by atoms with E-state index in [0.29, 0.717) is 12.1 Å². The molecule has 3 rings (SSSR count). The Morgan fingerprint density at radius 2 is 1.55 bits per heavy atom. The van der Waals surface area contributed by atoms with Crippen LogP contribution in [0.3, 0.4) is 0 Å². The van der Waals surface area contributed by atoms with E-state index in [9.17, 15) is 13.2 Å². The van der Waals surface area contributed by atoms with E-state index in [1.54, 1.807) is 18.2 Å². The zero-order chi connectivity index (χ0) is 23.8. The maximum absolute atomic E-state index is 12.4. The molecule has 8 heteroatoms. The van der Waals surface area contributed by atoms with Crippen LogP contribution in [0.5, 0.6) is 0 Å². The monoisotopic (exact) mass is 466 g/mol. The number of benzene rings is 3. The van der Waals surface area contributed by atoms with E-state index in [2.05, 4.69) is 44.5 Å². The summed E-state index contributed by atoms with van der Waals surface area (Å²) in [6, 6.07) is 22.6. The number of hydrogen-bond donors (Lipinski definition) is 3. The Bertz CT molecular complexity index is 1190. The Kier molecular flexibility index (Phi) is 8.21. The number of nitrogens with zero attached hydrogens (tertiary/aromatic N) is 1. The number of urea groups is 1. The Balaban J connectivity index is 1.61. The third-order valence-electron chi connectivity index (χ3n) is 5.15. The van der Waals surface area contributed by atoms with Crippen LogP contribution in [-0.2, 0) is 29.7 Å². The molecule has 0 radical (unpaired) electrons. The van der Waals surface area contributed by atoms with Crippen LogP contribution >= 0.6 is 0 Å². The van der Waals surface area contributed by atoms with E-state index in [1.165, 1.54) is 18.7 Å². The summed E-state index contributed by atoms with van der Waals surface area (Å²) in [6.45, 7) is 1.47. The van der Waals surface area contributed by atoms with E-state index in [4.69, 9.17) is 0 Å². The fourth-order valence-electron chi connectivity index (χ4n) is 3.47. The summed E-state index contributed by atoms with van der Waals surface area (Å²) in [6.07, 6.45) is 0. The van der Waals surface area contributed by atoms with Gasteiger partial charge in [0, 0.05) is 19.6 Å². The highest BCUT2D eigenvalue weighted by molar-refractivity contribution is 7.89. The molecule has 2 amide bonds. The molecule has 33 heavy (non-hydrogen) atoms. The SMILES string of the molecule is CNS(=O)(=O)c1cccc(CNC(=O)NCc2ccccc2-c2ccc(CN(C)C)cc2)c1. The van der Waals surface area contributed by atoms with Crippen LogP contribution in [-0.4, -0.2) is 40.5 Å². The molecule has 0 fully saturated rings. The molecule has 7 nitrogen and oxygen atoms in total. The topological polar surface area (TPSA) is 90.5 Å². The molecule has 3 aromatic carbocycles. The normalized spacial score (nSPS) is 11.4. The Morgan fingerprint density at radius 3 is 2.24 bits per heavy atom. The standard InChI is InChI=1S/C25H30N4O3S/c1-26-33(31,32)23-9-6-7-20(15-23)16-27-25(30)28-17-22-8-4-5-10-24(22)21-13-11-19(12-14-21)18-29(2)3/h4-15,26H,16-18H2,1-3H3,(H2,27,28,30). The predicted octanol–water partition coefficient (Wildman–Crippen LogP) is 3.32.